The quantitative estimate of drug-likeness (QED) is 0.762. The molecule has 0 saturated heterocycles. The van der Waals surface area contributed by atoms with Crippen molar-refractivity contribution in [2.24, 2.45) is 0 Å². The van der Waals surface area contributed by atoms with Crippen molar-refractivity contribution in [2.45, 2.75) is 25.9 Å². The van der Waals surface area contributed by atoms with Crippen molar-refractivity contribution >= 4 is 10.9 Å². The molecule has 20 heavy (non-hydrogen) atoms. The number of fused-ring (bicyclic) bond motifs is 1. The van der Waals surface area contributed by atoms with E-state index in [0.717, 1.165) is 41.6 Å². The lowest BCUT2D eigenvalue weighted by atomic mass is 10.0. The third-order valence-corrected chi connectivity index (χ3v) is 3.39. The van der Waals surface area contributed by atoms with Crippen LogP contribution < -0.4 is 10.1 Å². The molecule has 1 atom stereocenters. The van der Waals surface area contributed by atoms with E-state index in [9.17, 15) is 5.11 Å². The fourth-order valence-electron chi connectivity index (χ4n) is 2.21. The first kappa shape index (κ1) is 14.8. The van der Waals surface area contributed by atoms with Crippen LogP contribution in [0, 0.1) is 0 Å². The number of hydrogen-bond acceptors (Lipinski definition) is 4. The Balaban J connectivity index is 2.19. The Morgan fingerprint density at radius 2 is 2.20 bits per heavy atom. The minimum Gasteiger partial charge on any atom is -0.497 e. The Labute approximate surface area is 119 Å². The van der Waals surface area contributed by atoms with Crippen LogP contribution in [-0.4, -0.2) is 30.3 Å². The van der Waals surface area contributed by atoms with E-state index in [1.54, 1.807) is 13.3 Å². The monoisotopic (exact) mass is 274 g/mol. The van der Waals surface area contributed by atoms with Gasteiger partial charge in [-0.05, 0) is 42.8 Å². The summed E-state index contributed by atoms with van der Waals surface area (Å²) in [7, 11) is 1.64. The number of rotatable bonds is 7. The Kier molecular flexibility index (Phi) is 5.32. The first-order valence-corrected chi connectivity index (χ1v) is 7.07. The highest BCUT2D eigenvalue weighted by Gasteiger charge is 2.12. The Morgan fingerprint density at radius 3 is 2.95 bits per heavy atom. The van der Waals surface area contributed by atoms with E-state index in [2.05, 4.69) is 17.2 Å². The van der Waals surface area contributed by atoms with Gasteiger partial charge in [-0.2, -0.15) is 0 Å². The molecule has 0 spiro atoms. The first-order valence-electron chi connectivity index (χ1n) is 7.07. The van der Waals surface area contributed by atoms with Crippen LogP contribution in [0.3, 0.4) is 0 Å². The van der Waals surface area contributed by atoms with Gasteiger partial charge in [-0.1, -0.05) is 13.3 Å². The summed E-state index contributed by atoms with van der Waals surface area (Å²) in [4.78, 5) is 4.32. The number of nitrogens with one attached hydrogen (secondary N) is 1. The van der Waals surface area contributed by atoms with Crippen molar-refractivity contribution in [1.29, 1.82) is 0 Å². The van der Waals surface area contributed by atoms with Gasteiger partial charge in [0.25, 0.3) is 0 Å². The van der Waals surface area contributed by atoms with Crippen molar-refractivity contribution in [3.63, 3.8) is 0 Å². The Bertz CT molecular complexity index is 557. The van der Waals surface area contributed by atoms with E-state index in [0.29, 0.717) is 6.54 Å². The van der Waals surface area contributed by atoms with E-state index in [1.165, 1.54) is 0 Å². The summed E-state index contributed by atoms with van der Waals surface area (Å²) in [6.45, 7) is 3.64. The lowest BCUT2D eigenvalue weighted by Crippen LogP contribution is -2.22. The standard InChI is InChI=1S/C16H22N2O2/c1-3-4-8-17-11-16(19)13-7-9-18-15-6-5-12(20-2)10-14(13)15/h5-7,9-10,16-17,19H,3-4,8,11H2,1-2H3. The maximum atomic E-state index is 10.4. The molecule has 0 aliphatic rings. The molecular weight excluding hydrogens is 252 g/mol. The van der Waals surface area contributed by atoms with Crippen LogP contribution in [0.1, 0.15) is 31.4 Å². The highest BCUT2D eigenvalue weighted by Crippen LogP contribution is 2.26. The van der Waals surface area contributed by atoms with Gasteiger partial charge in [0.15, 0.2) is 0 Å². The van der Waals surface area contributed by atoms with E-state index in [1.807, 2.05) is 24.3 Å². The Hall–Kier alpha value is -1.65. The van der Waals surface area contributed by atoms with Gasteiger partial charge in [0, 0.05) is 18.1 Å². The summed E-state index contributed by atoms with van der Waals surface area (Å²) in [5, 5.41) is 14.6. The predicted octanol–water partition coefficient (Wildman–Crippen LogP) is 2.67. The topological polar surface area (TPSA) is 54.4 Å². The molecule has 1 aromatic carbocycles. The fourth-order valence-corrected chi connectivity index (χ4v) is 2.21. The van der Waals surface area contributed by atoms with Gasteiger partial charge in [0.2, 0.25) is 0 Å². The zero-order chi connectivity index (χ0) is 14.4. The van der Waals surface area contributed by atoms with Crippen LogP contribution in [0.2, 0.25) is 0 Å². The molecule has 0 radical (unpaired) electrons. The van der Waals surface area contributed by atoms with Crippen molar-refractivity contribution in [1.82, 2.24) is 10.3 Å². The van der Waals surface area contributed by atoms with Crippen LogP contribution in [0.4, 0.5) is 0 Å². The average molecular weight is 274 g/mol. The molecule has 0 fully saturated rings. The minimum absolute atomic E-state index is 0.538. The van der Waals surface area contributed by atoms with Gasteiger partial charge in [0.1, 0.15) is 5.75 Å². The summed E-state index contributed by atoms with van der Waals surface area (Å²) in [5.74, 6) is 0.776. The third kappa shape index (κ3) is 3.46. The van der Waals surface area contributed by atoms with Crippen LogP contribution in [0.15, 0.2) is 30.5 Å². The highest BCUT2D eigenvalue weighted by atomic mass is 16.5. The molecule has 1 heterocycles. The molecule has 0 aliphatic carbocycles. The molecule has 2 rings (SSSR count). The molecule has 2 N–H and O–H groups in total. The summed E-state index contributed by atoms with van der Waals surface area (Å²) in [6.07, 6.45) is 3.47. The van der Waals surface area contributed by atoms with E-state index < -0.39 is 6.10 Å². The molecular formula is C16H22N2O2. The van der Waals surface area contributed by atoms with Crippen LogP contribution in [0.5, 0.6) is 5.75 Å². The van der Waals surface area contributed by atoms with Crippen LogP contribution in [-0.2, 0) is 0 Å². The van der Waals surface area contributed by atoms with Gasteiger partial charge in [0.05, 0.1) is 18.7 Å². The number of methoxy groups -OCH3 is 1. The molecule has 1 aromatic heterocycles. The number of pyridine rings is 1. The van der Waals surface area contributed by atoms with Gasteiger partial charge < -0.3 is 15.2 Å². The van der Waals surface area contributed by atoms with Crippen molar-refractivity contribution in [2.75, 3.05) is 20.2 Å². The first-order chi connectivity index (χ1) is 9.76. The predicted molar refractivity (Wildman–Crippen MR) is 81.0 cm³/mol. The number of hydrogen-bond donors (Lipinski definition) is 2. The number of unbranched alkanes of at least 4 members (excludes halogenated alkanes) is 1. The van der Waals surface area contributed by atoms with Crippen LogP contribution >= 0.6 is 0 Å². The maximum Gasteiger partial charge on any atom is 0.119 e. The van der Waals surface area contributed by atoms with Crippen molar-refractivity contribution in [3.8, 4) is 5.75 Å². The summed E-state index contributed by atoms with van der Waals surface area (Å²) >= 11 is 0. The molecule has 2 aromatic rings. The number of aliphatic hydroxyl groups excluding tert-OH is 1. The third-order valence-electron chi connectivity index (χ3n) is 3.39. The van der Waals surface area contributed by atoms with Gasteiger partial charge in [-0.15, -0.1) is 0 Å². The van der Waals surface area contributed by atoms with Gasteiger partial charge >= 0.3 is 0 Å². The molecule has 4 nitrogen and oxygen atoms in total. The lowest BCUT2D eigenvalue weighted by Gasteiger charge is -2.14. The molecule has 0 saturated carbocycles. The maximum absolute atomic E-state index is 10.4. The van der Waals surface area contributed by atoms with Gasteiger partial charge in [-0.25, -0.2) is 0 Å². The molecule has 4 heteroatoms. The molecule has 108 valence electrons. The fraction of sp³-hybridized carbons (Fsp3) is 0.438. The molecule has 0 aliphatic heterocycles. The zero-order valence-corrected chi connectivity index (χ0v) is 12.1. The summed E-state index contributed by atoms with van der Waals surface area (Å²) in [5.41, 5.74) is 1.76. The summed E-state index contributed by atoms with van der Waals surface area (Å²) in [6, 6.07) is 7.58. The number of benzene rings is 1. The van der Waals surface area contributed by atoms with Gasteiger partial charge in [-0.3, -0.25) is 4.98 Å². The molecule has 1 unspecified atom stereocenters. The lowest BCUT2D eigenvalue weighted by molar-refractivity contribution is 0.176. The van der Waals surface area contributed by atoms with E-state index in [4.69, 9.17) is 4.74 Å². The van der Waals surface area contributed by atoms with Crippen molar-refractivity contribution < 1.29 is 9.84 Å². The second kappa shape index (κ2) is 7.22. The largest absolute Gasteiger partial charge is 0.497 e. The number of ether oxygens (including phenoxy) is 1. The van der Waals surface area contributed by atoms with Crippen LogP contribution in [0.25, 0.3) is 10.9 Å². The highest BCUT2D eigenvalue weighted by molar-refractivity contribution is 5.83. The Morgan fingerprint density at radius 1 is 1.35 bits per heavy atom. The molecule has 0 amide bonds. The smallest absolute Gasteiger partial charge is 0.119 e. The minimum atomic E-state index is -0.538. The molecule has 0 bridgehead atoms. The SMILES string of the molecule is CCCCNCC(O)c1ccnc2ccc(OC)cc12. The number of aromatic nitrogens is 1. The normalized spacial score (nSPS) is 12.6. The average Bonchev–Trinajstić information content (AvgIpc) is 2.50. The van der Waals surface area contributed by atoms with Crippen molar-refractivity contribution in [3.05, 3.63) is 36.0 Å². The van der Waals surface area contributed by atoms with E-state index >= 15 is 0 Å². The number of nitrogens with zero attached hydrogens (tertiary/aromatic N) is 1. The second-order valence-electron chi connectivity index (χ2n) is 4.86. The number of aliphatic hydroxyl groups is 1. The second-order valence-corrected chi connectivity index (χ2v) is 4.86. The zero-order valence-electron chi connectivity index (χ0n) is 12.1. The summed E-state index contributed by atoms with van der Waals surface area (Å²) < 4.78 is 5.25. The van der Waals surface area contributed by atoms with E-state index in [-0.39, 0.29) is 0 Å².